The zero-order valence-corrected chi connectivity index (χ0v) is 17.8. The topological polar surface area (TPSA) is 85.6 Å². The standard InChI is InChI=1S/C22H28N6O2/c1-16-26-27-21(28(16)2)15-25-22(23-13-17-9-11-19(29-3)12-10-17)24-14-18-7-5-6-8-20(18)30-4/h5-12H,13-15H2,1-4H3,(H2,23,24,25). The van der Waals surface area contributed by atoms with E-state index in [1.807, 2.05) is 67.1 Å². The van der Waals surface area contributed by atoms with E-state index in [2.05, 4.69) is 20.8 Å². The third kappa shape index (κ3) is 5.50. The number of ether oxygens (including phenoxy) is 2. The van der Waals surface area contributed by atoms with Crippen LogP contribution in [-0.2, 0) is 26.7 Å². The third-order valence-electron chi connectivity index (χ3n) is 4.81. The maximum absolute atomic E-state index is 5.44. The Hall–Kier alpha value is -3.55. The quantitative estimate of drug-likeness (QED) is 0.440. The Morgan fingerprint density at radius 3 is 2.37 bits per heavy atom. The van der Waals surface area contributed by atoms with Crippen LogP contribution in [0.5, 0.6) is 11.5 Å². The normalized spacial score (nSPS) is 11.3. The number of para-hydroxylation sites is 1. The van der Waals surface area contributed by atoms with Gasteiger partial charge in [-0.2, -0.15) is 0 Å². The summed E-state index contributed by atoms with van der Waals surface area (Å²) in [6, 6.07) is 15.8. The Kier molecular flexibility index (Phi) is 7.26. The molecular formula is C22H28N6O2. The molecule has 0 aliphatic rings. The van der Waals surface area contributed by atoms with Crippen molar-refractivity contribution in [3.05, 3.63) is 71.3 Å². The van der Waals surface area contributed by atoms with Crippen molar-refractivity contribution in [1.29, 1.82) is 0 Å². The molecule has 8 heteroatoms. The molecule has 30 heavy (non-hydrogen) atoms. The first-order chi connectivity index (χ1) is 14.6. The number of methoxy groups -OCH3 is 2. The first-order valence-electron chi connectivity index (χ1n) is 9.72. The molecule has 1 heterocycles. The minimum absolute atomic E-state index is 0.512. The predicted molar refractivity (Wildman–Crippen MR) is 117 cm³/mol. The largest absolute Gasteiger partial charge is 0.497 e. The van der Waals surface area contributed by atoms with Crippen LogP contribution in [0.2, 0.25) is 0 Å². The molecule has 0 spiro atoms. The number of aromatic nitrogens is 3. The number of aliphatic imine (C=N–C) groups is 1. The van der Waals surface area contributed by atoms with Gasteiger partial charge >= 0.3 is 0 Å². The molecule has 0 bridgehead atoms. The van der Waals surface area contributed by atoms with Crippen LogP contribution >= 0.6 is 0 Å². The van der Waals surface area contributed by atoms with Crippen molar-refractivity contribution in [3.8, 4) is 11.5 Å². The van der Waals surface area contributed by atoms with E-state index in [9.17, 15) is 0 Å². The smallest absolute Gasteiger partial charge is 0.192 e. The van der Waals surface area contributed by atoms with Crippen LogP contribution in [0, 0.1) is 6.92 Å². The Bertz CT molecular complexity index is 982. The van der Waals surface area contributed by atoms with Crippen molar-refractivity contribution >= 4 is 5.96 Å². The Labute approximate surface area is 177 Å². The number of guanidine groups is 1. The van der Waals surface area contributed by atoms with E-state index in [0.717, 1.165) is 34.3 Å². The summed E-state index contributed by atoms with van der Waals surface area (Å²) in [6.07, 6.45) is 0. The van der Waals surface area contributed by atoms with Gasteiger partial charge in [0.2, 0.25) is 0 Å². The van der Waals surface area contributed by atoms with Crippen LogP contribution in [0.1, 0.15) is 22.8 Å². The summed E-state index contributed by atoms with van der Waals surface area (Å²) in [5.41, 5.74) is 2.14. The van der Waals surface area contributed by atoms with Crippen molar-refractivity contribution in [2.45, 2.75) is 26.6 Å². The van der Waals surface area contributed by atoms with Crippen molar-refractivity contribution in [3.63, 3.8) is 0 Å². The van der Waals surface area contributed by atoms with Crippen molar-refractivity contribution in [1.82, 2.24) is 25.4 Å². The van der Waals surface area contributed by atoms with Gasteiger partial charge in [0, 0.05) is 19.2 Å². The summed E-state index contributed by atoms with van der Waals surface area (Å²) < 4.78 is 12.6. The van der Waals surface area contributed by atoms with Crippen LogP contribution in [0.4, 0.5) is 0 Å². The summed E-state index contributed by atoms with van der Waals surface area (Å²) in [6.45, 7) is 3.55. The summed E-state index contributed by atoms with van der Waals surface area (Å²) >= 11 is 0. The van der Waals surface area contributed by atoms with Gasteiger partial charge < -0.3 is 24.7 Å². The lowest BCUT2D eigenvalue weighted by Crippen LogP contribution is -2.37. The van der Waals surface area contributed by atoms with Gasteiger partial charge in [-0.25, -0.2) is 4.99 Å². The fraction of sp³-hybridized carbons (Fsp3) is 0.318. The number of nitrogens with one attached hydrogen (secondary N) is 2. The van der Waals surface area contributed by atoms with Gasteiger partial charge in [0.15, 0.2) is 11.8 Å². The lowest BCUT2D eigenvalue weighted by Gasteiger charge is -2.14. The van der Waals surface area contributed by atoms with Gasteiger partial charge in [-0.05, 0) is 30.7 Å². The fourth-order valence-electron chi connectivity index (χ4n) is 2.87. The monoisotopic (exact) mass is 408 g/mol. The third-order valence-corrected chi connectivity index (χ3v) is 4.81. The molecular weight excluding hydrogens is 380 g/mol. The van der Waals surface area contributed by atoms with Crippen LogP contribution < -0.4 is 20.1 Å². The molecule has 2 N–H and O–H groups in total. The van der Waals surface area contributed by atoms with E-state index in [-0.39, 0.29) is 0 Å². The Balaban J connectivity index is 1.71. The number of hydrogen-bond donors (Lipinski definition) is 2. The lowest BCUT2D eigenvalue weighted by atomic mass is 10.2. The van der Waals surface area contributed by atoms with E-state index in [4.69, 9.17) is 14.5 Å². The first-order valence-corrected chi connectivity index (χ1v) is 9.72. The second-order valence-corrected chi connectivity index (χ2v) is 6.75. The highest BCUT2D eigenvalue weighted by Crippen LogP contribution is 2.16. The van der Waals surface area contributed by atoms with E-state index in [1.54, 1.807) is 14.2 Å². The molecule has 3 rings (SSSR count). The van der Waals surface area contributed by atoms with Crippen molar-refractivity contribution < 1.29 is 9.47 Å². The van der Waals surface area contributed by atoms with Crippen LogP contribution in [0.3, 0.4) is 0 Å². The lowest BCUT2D eigenvalue weighted by molar-refractivity contribution is 0.409. The van der Waals surface area contributed by atoms with E-state index in [0.29, 0.717) is 25.6 Å². The molecule has 158 valence electrons. The molecule has 0 aliphatic carbocycles. The zero-order chi connectivity index (χ0) is 21.3. The van der Waals surface area contributed by atoms with E-state index < -0.39 is 0 Å². The number of aryl methyl sites for hydroxylation is 1. The van der Waals surface area contributed by atoms with Gasteiger partial charge in [0.25, 0.3) is 0 Å². The van der Waals surface area contributed by atoms with Gasteiger partial charge in [-0.15, -0.1) is 10.2 Å². The predicted octanol–water partition coefficient (Wildman–Crippen LogP) is 2.58. The fourth-order valence-corrected chi connectivity index (χ4v) is 2.87. The van der Waals surface area contributed by atoms with Crippen molar-refractivity contribution in [2.24, 2.45) is 12.0 Å². The van der Waals surface area contributed by atoms with E-state index >= 15 is 0 Å². The minimum atomic E-state index is 0.512. The molecule has 0 saturated heterocycles. The highest BCUT2D eigenvalue weighted by atomic mass is 16.5. The maximum atomic E-state index is 5.44. The molecule has 0 atom stereocenters. The minimum Gasteiger partial charge on any atom is -0.497 e. The average molecular weight is 409 g/mol. The number of hydrogen-bond acceptors (Lipinski definition) is 5. The summed E-state index contributed by atoms with van der Waals surface area (Å²) in [7, 11) is 5.28. The molecule has 0 saturated carbocycles. The van der Waals surface area contributed by atoms with E-state index in [1.165, 1.54) is 0 Å². The molecule has 0 amide bonds. The molecule has 0 fully saturated rings. The number of nitrogens with zero attached hydrogens (tertiary/aromatic N) is 4. The zero-order valence-electron chi connectivity index (χ0n) is 17.8. The van der Waals surface area contributed by atoms with Crippen LogP contribution in [0.25, 0.3) is 0 Å². The molecule has 8 nitrogen and oxygen atoms in total. The van der Waals surface area contributed by atoms with Gasteiger partial charge in [0.1, 0.15) is 17.3 Å². The summed E-state index contributed by atoms with van der Waals surface area (Å²) in [5.74, 6) is 4.04. The van der Waals surface area contributed by atoms with Gasteiger partial charge in [-0.3, -0.25) is 0 Å². The second-order valence-electron chi connectivity index (χ2n) is 6.75. The summed E-state index contributed by atoms with van der Waals surface area (Å²) in [4.78, 5) is 4.73. The first kappa shape index (κ1) is 21.2. The molecule has 0 aliphatic heterocycles. The highest BCUT2D eigenvalue weighted by molar-refractivity contribution is 5.79. The molecule has 0 unspecified atom stereocenters. The second kappa shape index (κ2) is 10.3. The molecule has 2 aromatic carbocycles. The Morgan fingerprint density at radius 1 is 0.967 bits per heavy atom. The highest BCUT2D eigenvalue weighted by Gasteiger charge is 2.08. The van der Waals surface area contributed by atoms with Gasteiger partial charge in [0.05, 0.1) is 27.3 Å². The number of benzene rings is 2. The van der Waals surface area contributed by atoms with Crippen LogP contribution in [0.15, 0.2) is 53.5 Å². The molecule has 3 aromatic rings. The maximum Gasteiger partial charge on any atom is 0.192 e. The summed E-state index contributed by atoms with van der Waals surface area (Å²) in [5, 5.41) is 15.0. The van der Waals surface area contributed by atoms with Crippen molar-refractivity contribution in [2.75, 3.05) is 14.2 Å². The molecule has 1 aromatic heterocycles. The van der Waals surface area contributed by atoms with Crippen LogP contribution in [-0.4, -0.2) is 34.9 Å². The Morgan fingerprint density at radius 2 is 1.70 bits per heavy atom. The van der Waals surface area contributed by atoms with Gasteiger partial charge in [-0.1, -0.05) is 30.3 Å². The SMILES string of the molecule is COc1ccc(CN=C(NCc2ccccc2OC)NCc2nnc(C)n2C)cc1. The molecule has 0 radical (unpaired) electrons. The average Bonchev–Trinajstić information content (AvgIpc) is 3.11. The number of rotatable bonds is 8.